The van der Waals surface area contributed by atoms with Crippen LogP contribution in [0, 0.1) is 23.7 Å². The zero-order valence-electron chi connectivity index (χ0n) is 20.6. The van der Waals surface area contributed by atoms with Gasteiger partial charge in [0.05, 0.1) is 18.9 Å². The minimum atomic E-state index is -0.658. The highest BCUT2D eigenvalue weighted by molar-refractivity contribution is 7.50. The molecule has 2 aliphatic carbocycles. The first kappa shape index (κ1) is 23.2. The van der Waals surface area contributed by atoms with Gasteiger partial charge in [-0.15, -0.1) is 0 Å². The Balaban J connectivity index is 1.05. The lowest BCUT2D eigenvalue weighted by molar-refractivity contribution is -0.166. The van der Waals surface area contributed by atoms with E-state index in [0.29, 0.717) is 12.2 Å². The molecule has 3 fully saturated rings. The van der Waals surface area contributed by atoms with Gasteiger partial charge in [-0.1, -0.05) is 24.3 Å². The minimum absolute atomic E-state index is 0.116. The van der Waals surface area contributed by atoms with Gasteiger partial charge in [-0.2, -0.15) is 0 Å². The SMILES string of the molecule is COC(=O)C1C2CC3C(OC(=O)C31)C2OC(=O)COc1ccc(-[s+]2c3ccccc3c3ccccc32)cc1. The quantitative estimate of drug-likeness (QED) is 0.197. The van der Waals surface area contributed by atoms with Crippen molar-refractivity contribution in [1.29, 1.82) is 0 Å². The Morgan fingerprint density at radius 2 is 1.58 bits per heavy atom. The Hall–Kier alpha value is -3.91. The Morgan fingerprint density at radius 1 is 0.921 bits per heavy atom. The van der Waals surface area contributed by atoms with Gasteiger partial charge in [-0.05, 0) is 42.8 Å². The molecule has 1 aromatic heterocycles. The molecular weight excluding hydrogens is 504 g/mol. The maximum absolute atomic E-state index is 12.7. The summed E-state index contributed by atoms with van der Waals surface area (Å²) in [5.74, 6) is -2.38. The van der Waals surface area contributed by atoms with E-state index in [1.807, 2.05) is 24.3 Å². The molecule has 0 spiro atoms. The molecular formula is C30H25O7S+. The van der Waals surface area contributed by atoms with E-state index in [-0.39, 0.29) is 28.9 Å². The van der Waals surface area contributed by atoms with E-state index < -0.39 is 42.0 Å². The number of ether oxygens (including phenoxy) is 4. The molecule has 3 aromatic carbocycles. The highest BCUT2D eigenvalue weighted by Crippen LogP contribution is 2.59. The lowest BCUT2D eigenvalue weighted by Gasteiger charge is -2.29. The molecule has 0 N–H and O–H groups in total. The largest absolute Gasteiger partial charge is 0.482 e. The van der Waals surface area contributed by atoms with Crippen molar-refractivity contribution in [2.45, 2.75) is 18.6 Å². The number of carbonyl (C=O) groups is 3. The number of hydrogen-bond acceptors (Lipinski definition) is 7. The van der Waals surface area contributed by atoms with Gasteiger partial charge in [0, 0.05) is 45.2 Å². The van der Waals surface area contributed by atoms with Gasteiger partial charge < -0.3 is 18.9 Å². The maximum atomic E-state index is 12.7. The number of esters is 3. The van der Waals surface area contributed by atoms with Gasteiger partial charge in [0.15, 0.2) is 20.9 Å². The molecule has 1 aliphatic heterocycles. The van der Waals surface area contributed by atoms with E-state index in [4.69, 9.17) is 18.9 Å². The highest BCUT2D eigenvalue weighted by Gasteiger charge is 2.70. The van der Waals surface area contributed by atoms with Crippen LogP contribution in [0.5, 0.6) is 5.75 Å². The molecule has 7 rings (SSSR count). The molecule has 7 nitrogen and oxygen atoms in total. The summed E-state index contributed by atoms with van der Waals surface area (Å²) < 4.78 is 24.5. The molecule has 192 valence electrons. The number of hydrogen-bond donors (Lipinski definition) is 0. The Kier molecular flexibility index (Phi) is 5.40. The first-order valence-electron chi connectivity index (χ1n) is 12.7. The van der Waals surface area contributed by atoms with Crippen molar-refractivity contribution < 1.29 is 33.3 Å². The predicted molar refractivity (Wildman–Crippen MR) is 141 cm³/mol. The molecule has 0 amide bonds. The molecule has 3 aliphatic rings. The van der Waals surface area contributed by atoms with Gasteiger partial charge in [-0.3, -0.25) is 9.59 Å². The summed E-state index contributed by atoms with van der Waals surface area (Å²) in [6.45, 7) is -0.280. The zero-order chi connectivity index (χ0) is 26.0. The number of fused-ring (bicyclic) bond motifs is 4. The van der Waals surface area contributed by atoms with Crippen LogP contribution in [-0.2, 0) is 28.6 Å². The van der Waals surface area contributed by atoms with Gasteiger partial charge in [0.2, 0.25) is 0 Å². The van der Waals surface area contributed by atoms with Crippen LogP contribution in [0.25, 0.3) is 25.1 Å². The van der Waals surface area contributed by atoms with Crippen LogP contribution in [-0.4, -0.2) is 43.8 Å². The van der Waals surface area contributed by atoms with Crippen LogP contribution < -0.4 is 4.74 Å². The molecule has 8 heteroatoms. The Bertz CT molecular complexity index is 1540. The van der Waals surface area contributed by atoms with Crippen LogP contribution in [0.15, 0.2) is 72.8 Å². The van der Waals surface area contributed by atoms with E-state index in [2.05, 4.69) is 48.5 Å². The maximum Gasteiger partial charge on any atom is 0.344 e. The van der Waals surface area contributed by atoms with Crippen molar-refractivity contribution >= 4 is 48.6 Å². The van der Waals surface area contributed by atoms with E-state index in [1.165, 1.54) is 32.2 Å². The summed E-state index contributed by atoms with van der Waals surface area (Å²) in [5, 5.41) is 2.53. The molecule has 4 aromatic rings. The fourth-order valence-electron chi connectivity index (χ4n) is 6.71. The number of carbonyl (C=O) groups excluding carboxylic acids is 3. The predicted octanol–water partition coefficient (Wildman–Crippen LogP) is 5.00. The van der Waals surface area contributed by atoms with Gasteiger partial charge in [-0.25, -0.2) is 4.79 Å². The monoisotopic (exact) mass is 529 g/mol. The topological polar surface area (TPSA) is 88.1 Å². The third kappa shape index (κ3) is 3.43. The molecule has 2 bridgehead atoms. The fourth-order valence-corrected chi connectivity index (χ4v) is 9.09. The second kappa shape index (κ2) is 8.84. The third-order valence-corrected chi connectivity index (χ3v) is 10.5. The second-order valence-electron chi connectivity index (χ2n) is 10.1. The standard InChI is InChI=1S/C30H25O7S/c1-34-29(32)25-20-14-21-26(25)30(33)37-28(21)27(20)36-24(31)15-35-16-10-12-17(13-11-16)38-22-8-4-2-6-18(22)19-7-3-5-9-23(19)38/h2-13,20-21,25-28H,14-15H2,1H3/q+1. The molecule has 6 unspecified atom stereocenters. The van der Waals surface area contributed by atoms with Gasteiger partial charge >= 0.3 is 17.9 Å². The number of rotatable bonds is 6. The molecule has 2 heterocycles. The summed E-state index contributed by atoms with van der Waals surface area (Å²) in [6.07, 6.45) is -0.552. The van der Waals surface area contributed by atoms with Crippen molar-refractivity contribution in [3.63, 3.8) is 0 Å². The van der Waals surface area contributed by atoms with E-state index >= 15 is 0 Å². The molecule has 6 atom stereocenters. The average Bonchev–Trinajstić information content (AvgIpc) is 3.65. The summed E-state index contributed by atoms with van der Waals surface area (Å²) in [7, 11) is 1.10. The summed E-state index contributed by atoms with van der Waals surface area (Å²) in [6, 6.07) is 24.8. The summed E-state index contributed by atoms with van der Waals surface area (Å²) in [5.41, 5.74) is 0. The van der Waals surface area contributed by atoms with Crippen molar-refractivity contribution in [2.24, 2.45) is 23.7 Å². The van der Waals surface area contributed by atoms with Crippen LogP contribution in [0.1, 0.15) is 6.42 Å². The van der Waals surface area contributed by atoms with Crippen LogP contribution in [0.4, 0.5) is 0 Å². The number of thiophene rings is 1. The smallest absolute Gasteiger partial charge is 0.344 e. The summed E-state index contributed by atoms with van der Waals surface area (Å²) in [4.78, 5) is 38.5. The molecule has 0 radical (unpaired) electrons. The molecule has 2 saturated carbocycles. The number of methoxy groups -OCH3 is 1. The Morgan fingerprint density at radius 3 is 2.24 bits per heavy atom. The third-order valence-electron chi connectivity index (χ3n) is 8.21. The van der Waals surface area contributed by atoms with Crippen LogP contribution in [0.2, 0.25) is 0 Å². The van der Waals surface area contributed by atoms with Crippen molar-refractivity contribution in [3.8, 4) is 10.6 Å². The zero-order valence-corrected chi connectivity index (χ0v) is 21.4. The lowest BCUT2D eigenvalue weighted by atomic mass is 9.78. The van der Waals surface area contributed by atoms with E-state index in [1.54, 1.807) is 0 Å². The van der Waals surface area contributed by atoms with Crippen LogP contribution in [0.3, 0.4) is 0 Å². The minimum Gasteiger partial charge on any atom is -0.482 e. The highest BCUT2D eigenvalue weighted by atomic mass is 32.2. The molecule has 1 saturated heterocycles. The van der Waals surface area contributed by atoms with E-state index in [9.17, 15) is 14.4 Å². The summed E-state index contributed by atoms with van der Waals surface area (Å²) >= 11 is 0. The van der Waals surface area contributed by atoms with Crippen molar-refractivity contribution in [2.75, 3.05) is 13.7 Å². The first-order chi connectivity index (χ1) is 18.5. The number of benzene rings is 3. The first-order valence-corrected chi connectivity index (χ1v) is 13.9. The van der Waals surface area contributed by atoms with Gasteiger partial charge in [0.25, 0.3) is 0 Å². The van der Waals surface area contributed by atoms with Gasteiger partial charge in [0.1, 0.15) is 18.0 Å². The van der Waals surface area contributed by atoms with Crippen molar-refractivity contribution in [1.82, 2.24) is 0 Å². The van der Waals surface area contributed by atoms with Crippen LogP contribution >= 0.6 is 10.5 Å². The van der Waals surface area contributed by atoms with Crippen molar-refractivity contribution in [3.05, 3.63) is 72.8 Å². The normalized spacial score (nSPS) is 27.0. The average molecular weight is 530 g/mol. The second-order valence-corrected chi connectivity index (χ2v) is 12.0. The molecule has 38 heavy (non-hydrogen) atoms. The fraction of sp³-hybridized carbons (Fsp3) is 0.300. The Labute approximate surface area is 221 Å². The lowest BCUT2D eigenvalue weighted by Crippen LogP contribution is -2.44. The van der Waals surface area contributed by atoms with E-state index in [0.717, 1.165) is 0 Å².